The number of aliphatic hydroxyl groups excluding tert-OH is 1. The summed E-state index contributed by atoms with van der Waals surface area (Å²) in [5.41, 5.74) is 5.82. The van der Waals surface area contributed by atoms with Crippen LogP contribution >= 0.6 is 11.8 Å². The fourth-order valence-electron chi connectivity index (χ4n) is 1.40. The molecule has 0 unspecified atom stereocenters. The number of aliphatic hydroxyl groups is 1. The summed E-state index contributed by atoms with van der Waals surface area (Å²) in [5, 5.41) is 15.9. The first-order valence-corrected chi connectivity index (χ1v) is 8.64. The number of hydrogen-bond acceptors (Lipinski definition) is 5. The maximum absolute atomic E-state index is 12.0. The minimum atomic E-state index is -3.28. The third-order valence-electron chi connectivity index (χ3n) is 2.47. The zero-order chi connectivity index (χ0) is 14.3. The van der Waals surface area contributed by atoms with Gasteiger partial charge in [-0.3, -0.25) is 5.41 Å². The van der Waals surface area contributed by atoms with E-state index in [1.807, 2.05) is 0 Å². The molecule has 5 nitrogen and oxygen atoms in total. The van der Waals surface area contributed by atoms with Gasteiger partial charge >= 0.3 is 0 Å². The van der Waals surface area contributed by atoms with Crippen LogP contribution < -0.4 is 5.73 Å². The number of sulfone groups is 1. The van der Waals surface area contributed by atoms with Crippen molar-refractivity contribution in [3.63, 3.8) is 0 Å². The summed E-state index contributed by atoms with van der Waals surface area (Å²) in [6, 6.07) is 6.02. The molecule has 19 heavy (non-hydrogen) atoms. The second-order valence-electron chi connectivity index (χ2n) is 3.95. The van der Waals surface area contributed by atoms with Gasteiger partial charge < -0.3 is 10.8 Å². The number of amidine groups is 1. The van der Waals surface area contributed by atoms with E-state index in [2.05, 4.69) is 0 Å². The average molecular weight is 302 g/mol. The molecule has 0 aliphatic carbocycles. The highest BCUT2D eigenvalue weighted by molar-refractivity contribution is 8.00. The topological polar surface area (TPSA) is 104 Å². The molecule has 1 aromatic carbocycles. The molecule has 0 atom stereocenters. The third-order valence-corrected chi connectivity index (χ3v) is 5.53. The van der Waals surface area contributed by atoms with E-state index in [1.165, 1.54) is 36.0 Å². The largest absolute Gasteiger partial charge is 0.396 e. The molecule has 0 fully saturated rings. The summed E-state index contributed by atoms with van der Waals surface area (Å²) in [4.78, 5) is 0.250. The molecule has 0 heterocycles. The van der Waals surface area contributed by atoms with Crippen LogP contribution in [0.1, 0.15) is 12.0 Å². The van der Waals surface area contributed by atoms with Gasteiger partial charge in [0.1, 0.15) is 5.84 Å². The van der Waals surface area contributed by atoms with Crippen molar-refractivity contribution >= 4 is 27.4 Å². The predicted octanol–water partition coefficient (Wildman–Crippen LogP) is 0.860. The summed E-state index contributed by atoms with van der Waals surface area (Å²) in [7, 11) is -3.28. The molecule has 0 aliphatic heterocycles. The van der Waals surface area contributed by atoms with E-state index in [4.69, 9.17) is 16.2 Å². The molecular weight excluding hydrogens is 284 g/mol. The first-order valence-electron chi connectivity index (χ1n) is 5.83. The number of nitrogen functional groups attached to an aromatic ring is 1. The van der Waals surface area contributed by atoms with Crippen molar-refractivity contribution in [2.24, 2.45) is 5.73 Å². The lowest BCUT2D eigenvalue weighted by Crippen LogP contribution is -2.12. The Balaban J connectivity index is 2.59. The highest BCUT2D eigenvalue weighted by Crippen LogP contribution is 2.14. The highest BCUT2D eigenvalue weighted by Gasteiger charge is 2.14. The fourth-order valence-corrected chi connectivity index (χ4v) is 4.07. The van der Waals surface area contributed by atoms with E-state index in [1.54, 1.807) is 0 Å². The Bertz CT molecular complexity index is 512. The maximum atomic E-state index is 12.0. The van der Waals surface area contributed by atoms with Crippen molar-refractivity contribution in [2.45, 2.75) is 11.3 Å². The molecule has 1 rings (SSSR count). The standard InChI is InChI=1S/C12H18N2O3S2/c13-12(14)10-2-4-11(5-3-10)19(16,17)9-8-18-7-1-6-15/h2-5,15H,1,6-9H2,(H3,13,14). The van der Waals surface area contributed by atoms with Crippen molar-refractivity contribution in [1.29, 1.82) is 5.41 Å². The van der Waals surface area contributed by atoms with E-state index in [0.29, 0.717) is 17.7 Å². The molecule has 7 heteroatoms. The first-order chi connectivity index (χ1) is 8.97. The highest BCUT2D eigenvalue weighted by atomic mass is 32.2. The van der Waals surface area contributed by atoms with Gasteiger partial charge in [-0.2, -0.15) is 11.8 Å². The number of nitrogens with two attached hydrogens (primary N) is 1. The summed E-state index contributed by atoms with van der Waals surface area (Å²) in [6.07, 6.45) is 0.679. The van der Waals surface area contributed by atoms with Gasteiger partial charge in [0, 0.05) is 17.9 Å². The Kier molecular flexibility index (Phi) is 6.33. The zero-order valence-corrected chi connectivity index (χ0v) is 12.1. The van der Waals surface area contributed by atoms with E-state index in [0.717, 1.165) is 5.75 Å². The van der Waals surface area contributed by atoms with Crippen molar-refractivity contribution in [1.82, 2.24) is 0 Å². The minimum absolute atomic E-state index is 0.0719. The normalized spacial score (nSPS) is 11.4. The van der Waals surface area contributed by atoms with Gasteiger partial charge in [0.15, 0.2) is 9.84 Å². The minimum Gasteiger partial charge on any atom is -0.396 e. The lowest BCUT2D eigenvalue weighted by molar-refractivity contribution is 0.296. The van der Waals surface area contributed by atoms with Crippen LogP contribution in [-0.4, -0.2) is 43.2 Å². The van der Waals surface area contributed by atoms with Crippen molar-refractivity contribution in [2.75, 3.05) is 23.9 Å². The lowest BCUT2D eigenvalue weighted by atomic mass is 10.2. The first kappa shape index (κ1) is 16.0. The zero-order valence-electron chi connectivity index (χ0n) is 10.5. The summed E-state index contributed by atoms with van der Waals surface area (Å²) >= 11 is 1.51. The van der Waals surface area contributed by atoms with Crippen LogP contribution in [0.25, 0.3) is 0 Å². The Morgan fingerprint density at radius 3 is 2.42 bits per heavy atom. The van der Waals surface area contributed by atoms with E-state index in [-0.39, 0.29) is 23.1 Å². The lowest BCUT2D eigenvalue weighted by Gasteiger charge is -2.05. The average Bonchev–Trinajstić information content (AvgIpc) is 2.38. The molecule has 4 N–H and O–H groups in total. The van der Waals surface area contributed by atoms with E-state index in [9.17, 15) is 8.42 Å². The molecule has 0 aliphatic rings. The van der Waals surface area contributed by atoms with Crippen LogP contribution in [0.5, 0.6) is 0 Å². The van der Waals surface area contributed by atoms with Crippen molar-refractivity contribution in [3.8, 4) is 0 Å². The molecule has 0 amide bonds. The van der Waals surface area contributed by atoms with Gasteiger partial charge in [-0.15, -0.1) is 0 Å². The number of hydrogen-bond donors (Lipinski definition) is 3. The molecule has 0 radical (unpaired) electrons. The molecule has 106 valence electrons. The molecule has 1 aromatic rings. The van der Waals surface area contributed by atoms with Crippen LogP contribution in [-0.2, 0) is 9.84 Å². The van der Waals surface area contributed by atoms with Crippen LogP contribution in [0, 0.1) is 5.41 Å². The van der Waals surface area contributed by atoms with Crippen molar-refractivity contribution in [3.05, 3.63) is 29.8 Å². The summed E-state index contributed by atoms with van der Waals surface area (Å²) in [5.74, 6) is 1.26. The van der Waals surface area contributed by atoms with Gasteiger partial charge in [-0.1, -0.05) is 12.1 Å². The number of benzene rings is 1. The van der Waals surface area contributed by atoms with Crippen LogP contribution in [0.2, 0.25) is 0 Å². The second kappa shape index (κ2) is 7.52. The van der Waals surface area contributed by atoms with Gasteiger partial charge in [-0.25, -0.2) is 8.42 Å². The number of rotatable bonds is 8. The van der Waals surface area contributed by atoms with Crippen molar-refractivity contribution < 1.29 is 13.5 Å². The predicted molar refractivity (Wildman–Crippen MR) is 78.5 cm³/mol. The smallest absolute Gasteiger partial charge is 0.179 e. The molecule has 0 bridgehead atoms. The summed E-state index contributed by atoms with van der Waals surface area (Å²) in [6.45, 7) is 0.131. The number of thioether (sulfide) groups is 1. The van der Waals surface area contributed by atoms with Gasteiger partial charge in [0.2, 0.25) is 0 Å². The van der Waals surface area contributed by atoms with Crippen LogP contribution in [0.15, 0.2) is 29.2 Å². The van der Waals surface area contributed by atoms with E-state index < -0.39 is 9.84 Å². The maximum Gasteiger partial charge on any atom is 0.179 e. The second-order valence-corrected chi connectivity index (χ2v) is 7.28. The Morgan fingerprint density at radius 1 is 1.26 bits per heavy atom. The number of nitrogens with one attached hydrogen (secondary N) is 1. The van der Waals surface area contributed by atoms with Gasteiger partial charge in [0.25, 0.3) is 0 Å². The Hall–Kier alpha value is -1.05. The molecule has 0 aromatic heterocycles. The quantitative estimate of drug-likeness (QED) is 0.375. The molecule has 0 saturated carbocycles. The SMILES string of the molecule is N=C(N)c1ccc(S(=O)(=O)CCSCCCO)cc1. The Labute approximate surface area is 117 Å². The summed E-state index contributed by atoms with van der Waals surface area (Å²) < 4.78 is 24.0. The third kappa shape index (κ3) is 5.22. The monoisotopic (exact) mass is 302 g/mol. The van der Waals surface area contributed by atoms with Gasteiger partial charge in [-0.05, 0) is 24.3 Å². The fraction of sp³-hybridized carbons (Fsp3) is 0.417. The van der Waals surface area contributed by atoms with Crippen LogP contribution in [0.3, 0.4) is 0 Å². The van der Waals surface area contributed by atoms with Crippen LogP contribution in [0.4, 0.5) is 0 Å². The molecular formula is C12H18N2O3S2. The molecule has 0 spiro atoms. The molecule has 0 saturated heterocycles. The van der Waals surface area contributed by atoms with E-state index >= 15 is 0 Å². The Morgan fingerprint density at radius 2 is 1.89 bits per heavy atom. The van der Waals surface area contributed by atoms with Gasteiger partial charge in [0.05, 0.1) is 10.6 Å².